The molecule has 5 aromatic rings. The van der Waals surface area contributed by atoms with Crippen LogP contribution in [0.5, 0.6) is 5.75 Å². The van der Waals surface area contributed by atoms with Crippen LogP contribution < -0.4 is 4.74 Å². The highest BCUT2D eigenvalue weighted by atomic mass is 35.5. The Morgan fingerprint density at radius 3 is 2.34 bits per heavy atom. The van der Waals surface area contributed by atoms with Gasteiger partial charge in [0.05, 0.1) is 35.8 Å². The zero-order chi connectivity index (χ0) is 27.0. The van der Waals surface area contributed by atoms with Crippen LogP contribution in [-0.2, 0) is 17.7 Å². The number of hydrogen-bond acceptors (Lipinski definition) is 5. The zero-order valence-electron chi connectivity index (χ0n) is 21.7. The Kier molecular flexibility index (Phi) is 6.95. The molecule has 0 bridgehead atoms. The lowest BCUT2D eigenvalue weighted by molar-refractivity contribution is 0.0526. The maximum atomic E-state index is 13.7. The van der Waals surface area contributed by atoms with Crippen LogP contribution in [0, 0.1) is 6.92 Å². The predicted octanol–water partition coefficient (Wildman–Crippen LogP) is 6.44. The third kappa shape index (κ3) is 4.43. The second-order valence-electron chi connectivity index (χ2n) is 8.97. The second kappa shape index (κ2) is 10.3. The number of fused-ring (bicyclic) bond motifs is 2. The van der Waals surface area contributed by atoms with Gasteiger partial charge in [0.2, 0.25) is 0 Å². The molecule has 194 valence electrons. The minimum absolute atomic E-state index is 0.136. The van der Waals surface area contributed by atoms with Crippen LogP contribution in [0.2, 0.25) is 5.02 Å². The first-order valence-electron chi connectivity index (χ1n) is 12.5. The summed E-state index contributed by atoms with van der Waals surface area (Å²) in [5, 5.41) is 1.50. The topological polar surface area (TPSA) is 75.3 Å². The number of imidazole rings is 1. The van der Waals surface area contributed by atoms with Gasteiger partial charge in [0, 0.05) is 34.6 Å². The number of hydrogen-bond donors (Lipinski definition) is 0. The second-order valence-corrected chi connectivity index (χ2v) is 9.40. The van der Waals surface area contributed by atoms with E-state index in [2.05, 4.69) is 11.5 Å². The smallest absolute Gasteiger partial charge is 0.338 e. The van der Waals surface area contributed by atoms with E-state index in [1.807, 2.05) is 31.2 Å². The Labute approximate surface area is 225 Å². The number of methoxy groups -OCH3 is 1. The highest BCUT2D eigenvalue weighted by Gasteiger charge is 2.23. The molecule has 8 heteroatoms. The van der Waals surface area contributed by atoms with Crippen molar-refractivity contribution in [3.63, 3.8) is 0 Å². The highest BCUT2D eigenvalue weighted by molar-refractivity contribution is 6.30. The highest BCUT2D eigenvalue weighted by Crippen LogP contribution is 2.32. The summed E-state index contributed by atoms with van der Waals surface area (Å²) in [5.41, 5.74) is 5.28. The summed E-state index contributed by atoms with van der Waals surface area (Å²) >= 11 is 6.05. The third-order valence-electron chi connectivity index (χ3n) is 6.83. The quantitative estimate of drug-likeness (QED) is 0.227. The zero-order valence-corrected chi connectivity index (χ0v) is 22.5. The van der Waals surface area contributed by atoms with Gasteiger partial charge in [-0.25, -0.2) is 9.78 Å². The van der Waals surface area contributed by atoms with Crippen molar-refractivity contribution in [2.45, 2.75) is 33.7 Å². The van der Waals surface area contributed by atoms with Crippen LogP contribution in [0.3, 0.4) is 0 Å². The lowest BCUT2D eigenvalue weighted by Gasteiger charge is -2.09. The molecule has 2 heterocycles. The Morgan fingerprint density at radius 1 is 0.947 bits per heavy atom. The van der Waals surface area contributed by atoms with Gasteiger partial charge in [-0.05, 0) is 87.0 Å². The molecule has 0 unspecified atom stereocenters. The third-order valence-corrected chi connectivity index (χ3v) is 7.08. The Hall–Kier alpha value is -4.10. The minimum atomic E-state index is -0.367. The Balaban J connectivity index is 1.65. The molecule has 2 aromatic heterocycles. The molecule has 3 aromatic carbocycles. The van der Waals surface area contributed by atoms with Crippen molar-refractivity contribution in [3.8, 4) is 5.75 Å². The number of aryl methyl sites for hydroxylation is 1. The van der Waals surface area contributed by atoms with E-state index in [-0.39, 0.29) is 11.9 Å². The van der Waals surface area contributed by atoms with Gasteiger partial charge in [-0.3, -0.25) is 9.36 Å². The number of carbonyl (C=O) groups is 2. The first kappa shape index (κ1) is 25.5. The molecule has 0 saturated carbocycles. The van der Waals surface area contributed by atoms with Crippen LogP contribution in [-0.4, -0.2) is 39.7 Å². The average molecular weight is 530 g/mol. The van der Waals surface area contributed by atoms with E-state index in [0.29, 0.717) is 41.5 Å². The van der Waals surface area contributed by atoms with Crippen LogP contribution >= 0.6 is 11.6 Å². The molecular weight excluding hydrogens is 502 g/mol. The van der Waals surface area contributed by atoms with Gasteiger partial charge < -0.3 is 14.0 Å². The minimum Gasteiger partial charge on any atom is -0.497 e. The number of halogens is 1. The molecule has 0 saturated heterocycles. The van der Waals surface area contributed by atoms with Gasteiger partial charge in [0.1, 0.15) is 11.6 Å². The van der Waals surface area contributed by atoms with Crippen LogP contribution in [0.1, 0.15) is 51.6 Å². The van der Waals surface area contributed by atoms with E-state index in [1.54, 1.807) is 55.0 Å². The van der Waals surface area contributed by atoms with Gasteiger partial charge in [0.25, 0.3) is 5.91 Å². The summed E-state index contributed by atoms with van der Waals surface area (Å²) in [6, 6.07) is 18.1. The summed E-state index contributed by atoms with van der Waals surface area (Å²) in [6.45, 7) is 6.81. The lowest BCUT2D eigenvalue weighted by atomic mass is 10.1. The summed E-state index contributed by atoms with van der Waals surface area (Å²) in [5.74, 6) is 1.04. The Bertz CT molecular complexity index is 1680. The molecular formula is C30H28ClN3O4. The van der Waals surface area contributed by atoms with Crippen molar-refractivity contribution < 1.29 is 19.1 Å². The van der Waals surface area contributed by atoms with E-state index in [1.165, 1.54) is 0 Å². The van der Waals surface area contributed by atoms with Crippen LogP contribution in [0.25, 0.3) is 21.9 Å². The number of nitrogens with zero attached hydrogens (tertiary/aromatic N) is 3. The standard InChI is InChI=1S/C30H28ClN3O4/c1-5-33-27-13-9-20(30(36)38-6-2)15-25(27)32-28(33)17-23-18(3)34(26-14-12-22(37-4)16-24(23)26)29(35)19-7-10-21(31)11-8-19/h7-16H,5-6,17H2,1-4H3. The molecule has 0 atom stereocenters. The summed E-state index contributed by atoms with van der Waals surface area (Å²) in [6.07, 6.45) is 0.494. The predicted molar refractivity (Wildman–Crippen MR) is 149 cm³/mol. The molecule has 0 aliphatic rings. The maximum absolute atomic E-state index is 13.7. The van der Waals surface area contributed by atoms with Crippen LogP contribution in [0.15, 0.2) is 60.7 Å². The van der Waals surface area contributed by atoms with Gasteiger partial charge in [-0.1, -0.05) is 11.6 Å². The fourth-order valence-corrected chi connectivity index (χ4v) is 5.09. The van der Waals surface area contributed by atoms with Crippen molar-refractivity contribution >= 4 is 45.4 Å². The Morgan fingerprint density at radius 2 is 1.66 bits per heavy atom. The summed E-state index contributed by atoms with van der Waals surface area (Å²) in [7, 11) is 1.63. The van der Waals surface area contributed by atoms with Gasteiger partial charge in [0.15, 0.2) is 0 Å². The molecule has 0 fully saturated rings. The van der Waals surface area contributed by atoms with E-state index >= 15 is 0 Å². The van der Waals surface area contributed by atoms with Crippen LogP contribution in [0.4, 0.5) is 0 Å². The van der Waals surface area contributed by atoms with Crippen molar-refractivity contribution in [2.75, 3.05) is 13.7 Å². The normalized spacial score (nSPS) is 11.3. The number of ether oxygens (including phenoxy) is 2. The lowest BCUT2D eigenvalue weighted by Crippen LogP contribution is -2.14. The summed E-state index contributed by atoms with van der Waals surface area (Å²) < 4.78 is 14.5. The first-order valence-corrected chi connectivity index (χ1v) is 12.9. The molecule has 0 aliphatic heterocycles. The monoisotopic (exact) mass is 529 g/mol. The molecule has 0 amide bonds. The number of rotatable bonds is 7. The summed E-state index contributed by atoms with van der Waals surface area (Å²) in [4.78, 5) is 30.8. The number of aromatic nitrogens is 3. The fraction of sp³-hybridized carbons (Fsp3) is 0.233. The maximum Gasteiger partial charge on any atom is 0.338 e. The van der Waals surface area contributed by atoms with Gasteiger partial charge >= 0.3 is 5.97 Å². The number of benzene rings is 3. The van der Waals surface area contributed by atoms with E-state index in [9.17, 15) is 9.59 Å². The van der Waals surface area contributed by atoms with Gasteiger partial charge in [-0.2, -0.15) is 0 Å². The van der Waals surface area contributed by atoms with E-state index in [4.69, 9.17) is 26.1 Å². The molecule has 0 aliphatic carbocycles. The molecule has 0 N–H and O–H groups in total. The number of carbonyl (C=O) groups excluding carboxylic acids is 2. The number of esters is 1. The van der Waals surface area contributed by atoms with Crippen molar-refractivity contribution in [1.29, 1.82) is 0 Å². The van der Waals surface area contributed by atoms with E-state index in [0.717, 1.165) is 39.0 Å². The molecule has 0 spiro atoms. The molecule has 5 rings (SSSR count). The molecule has 0 radical (unpaired) electrons. The van der Waals surface area contributed by atoms with Gasteiger partial charge in [-0.15, -0.1) is 0 Å². The molecule has 7 nitrogen and oxygen atoms in total. The van der Waals surface area contributed by atoms with Crippen molar-refractivity contribution in [1.82, 2.24) is 14.1 Å². The van der Waals surface area contributed by atoms with Crippen molar-refractivity contribution in [2.24, 2.45) is 0 Å². The molecule has 38 heavy (non-hydrogen) atoms. The largest absolute Gasteiger partial charge is 0.497 e. The first-order chi connectivity index (χ1) is 18.4. The van der Waals surface area contributed by atoms with E-state index < -0.39 is 0 Å². The van der Waals surface area contributed by atoms with Crippen molar-refractivity contribution in [3.05, 3.63) is 93.9 Å². The SMILES string of the molecule is CCOC(=O)c1ccc2c(c1)nc(Cc1c(C)n(C(=O)c3ccc(Cl)cc3)c3ccc(OC)cc13)n2CC. The fourth-order valence-electron chi connectivity index (χ4n) is 4.96. The average Bonchev–Trinajstić information content (AvgIpc) is 3.41.